The fourth-order valence-corrected chi connectivity index (χ4v) is 1.81. The molecule has 21 heavy (non-hydrogen) atoms. The topological polar surface area (TPSA) is 82.8 Å². The minimum Gasteiger partial charge on any atom is -0.465 e. The molecular weight excluding hydrogens is 276 g/mol. The highest BCUT2D eigenvalue weighted by molar-refractivity contribution is 5.97. The highest BCUT2D eigenvalue weighted by Gasteiger charge is 2.16. The van der Waals surface area contributed by atoms with Gasteiger partial charge >= 0.3 is 11.9 Å². The van der Waals surface area contributed by atoms with E-state index >= 15 is 0 Å². The summed E-state index contributed by atoms with van der Waals surface area (Å²) in [6.07, 6.45) is 0.564. The Balaban J connectivity index is 2.56. The summed E-state index contributed by atoms with van der Waals surface area (Å²) in [6, 6.07) is 7.44. The first-order chi connectivity index (χ1) is 10.1. The van der Waals surface area contributed by atoms with E-state index in [1.807, 2.05) is 0 Å². The monoisotopic (exact) mass is 288 g/mol. The van der Waals surface area contributed by atoms with E-state index in [0.717, 1.165) is 0 Å². The van der Waals surface area contributed by atoms with Crippen LogP contribution in [0.4, 0.5) is 0 Å². The molecule has 2 rings (SSSR count). The average molecular weight is 288 g/mol. The lowest BCUT2D eigenvalue weighted by Gasteiger charge is -2.06. The maximum absolute atomic E-state index is 11.7. The molecule has 1 aromatic carbocycles. The van der Waals surface area contributed by atoms with E-state index in [4.69, 9.17) is 4.42 Å². The minimum absolute atomic E-state index is 0.146. The number of hydrogen-bond donors (Lipinski definition) is 0. The predicted octanol–water partition coefficient (Wildman–Crippen LogP) is 2.33. The smallest absolute Gasteiger partial charge is 0.337 e. The van der Waals surface area contributed by atoms with Crippen LogP contribution in [0.25, 0.3) is 11.3 Å². The van der Waals surface area contributed by atoms with Gasteiger partial charge in [0.25, 0.3) is 0 Å². The van der Waals surface area contributed by atoms with Crippen molar-refractivity contribution >= 4 is 18.2 Å². The second kappa shape index (κ2) is 6.04. The molecule has 108 valence electrons. The van der Waals surface area contributed by atoms with Crippen LogP contribution in [-0.4, -0.2) is 32.4 Å². The van der Waals surface area contributed by atoms with Crippen molar-refractivity contribution in [3.8, 4) is 11.3 Å². The summed E-state index contributed by atoms with van der Waals surface area (Å²) in [4.78, 5) is 34.0. The zero-order valence-electron chi connectivity index (χ0n) is 11.4. The molecule has 0 N–H and O–H groups in total. The first-order valence-electron chi connectivity index (χ1n) is 5.96. The number of methoxy groups -OCH3 is 2. The number of benzene rings is 1. The summed E-state index contributed by atoms with van der Waals surface area (Å²) in [7, 11) is 2.48. The molecule has 0 atom stereocenters. The van der Waals surface area contributed by atoms with E-state index in [1.165, 1.54) is 38.5 Å². The zero-order valence-corrected chi connectivity index (χ0v) is 11.4. The summed E-state index contributed by atoms with van der Waals surface area (Å²) in [5, 5.41) is 0. The molecule has 0 amide bonds. The Morgan fingerprint density at radius 3 is 2.00 bits per heavy atom. The van der Waals surface area contributed by atoms with Crippen LogP contribution in [0.5, 0.6) is 0 Å². The number of carbonyl (C=O) groups is 3. The summed E-state index contributed by atoms with van der Waals surface area (Å²) >= 11 is 0. The fraction of sp³-hybridized carbons (Fsp3) is 0.133. The molecule has 1 aromatic heterocycles. The Kier molecular flexibility index (Phi) is 4.18. The molecule has 0 saturated carbocycles. The van der Waals surface area contributed by atoms with Crippen LogP contribution < -0.4 is 0 Å². The maximum Gasteiger partial charge on any atom is 0.337 e. The van der Waals surface area contributed by atoms with Gasteiger partial charge in [0.15, 0.2) is 12.0 Å². The third-order valence-electron chi connectivity index (χ3n) is 2.80. The summed E-state index contributed by atoms with van der Waals surface area (Å²) in [6.45, 7) is 0. The lowest BCUT2D eigenvalue weighted by molar-refractivity contribution is 0.0599. The Morgan fingerprint density at radius 1 is 1.00 bits per heavy atom. The molecule has 0 spiro atoms. The molecule has 2 aromatic rings. The third kappa shape index (κ3) is 3.00. The van der Waals surface area contributed by atoms with Crippen molar-refractivity contribution in [3.05, 3.63) is 47.2 Å². The van der Waals surface area contributed by atoms with Crippen molar-refractivity contribution in [2.45, 2.75) is 0 Å². The van der Waals surface area contributed by atoms with Crippen LogP contribution in [0.2, 0.25) is 0 Å². The number of furan rings is 1. The van der Waals surface area contributed by atoms with Gasteiger partial charge in [0.05, 0.1) is 25.3 Å². The molecule has 0 unspecified atom stereocenters. The van der Waals surface area contributed by atoms with E-state index in [9.17, 15) is 14.4 Å². The molecule has 6 heteroatoms. The Bertz CT molecular complexity index is 664. The second-order valence-electron chi connectivity index (χ2n) is 4.10. The summed E-state index contributed by atoms with van der Waals surface area (Å²) in [5.74, 6) is -0.686. The number of rotatable bonds is 4. The third-order valence-corrected chi connectivity index (χ3v) is 2.80. The van der Waals surface area contributed by atoms with Gasteiger partial charge in [0, 0.05) is 5.56 Å². The standard InChI is InChI=1S/C15H12O6/c1-19-14(17)10-5-9(6-11(7-10)15(18)20-2)13-4-3-12(8-16)21-13/h3-8H,1-2H3. The summed E-state index contributed by atoms with van der Waals surface area (Å²) < 4.78 is 14.6. The van der Waals surface area contributed by atoms with Crippen LogP contribution in [0.1, 0.15) is 31.3 Å². The van der Waals surface area contributed by atoms with Crippen molar-refractivity contribution in [1.82, 2.24) is 0 Å². The minimum atomic E-state index is -0.593. The highest BCUT2D eigenvalue weighted by atomic mass is 16.5. The number of esters is 2. The SMILES string of the molecule is COC(=O)c1cc(C(=O)OC)cc(-c2ccc(C=O)o2)c1. The van der Waals surface area contributed by atoms with Gasteiger partial charge in [-0.3, -0.25) is 4.79 Å². The normalized spacial score (nSPS) is 10.0. The second-order valence-corrected chi connectivity index (χ2v) is 4.10. The molecule has 0 aliphatic heterocycles. The Labute approximate surface area is 120 Å². The van der Waals surface area contributed by atoms with Gasteiger partial charge in [-0.1, -0.05) is 0 Å². The van der Waals surface area contributed by atoms with Crippen LogP contribution >= 0.6 is 0 Å². The van der Waals surface area contributed by atoms with Crippen molar-refractivity contribution in [3.63, 3.8) is 0 Å². The van der Waals surface area contributed by atoms with Gasteiger partial charge in [-0.05, 0) is 30.3 Å². The number of ether oxygens (including phenoxy) is 2. The molecule has 0 saturated heterocycles. The van der Waals surface area contributed by atoms with E-state index in [2.05, 4.69) is 9.47 Å². The molecule has 0 radical (unpaired) electrons. The molecular formula is C15H12O6. The van der Waals surface area contributed by atoms with Gasteiger partial charge in [-0.15, -0.1) is 0 Å². The van der Waals surface area contributed by atoms with Crippen molar-refractivity contribution in [1.29, 1.82) is 0 Å². The number of aldehydes is 1. The van der Waals surface area contributed by atoms with Gasteiger partial charge in [-0.25, -0.2) is 9.59 Å². The zero-order chi connectivity index (χ0) is 15.4. The largest absolute Gasteiger partial charge is 0.465 e. The van der Waals surface area contributed by atoms with E-state index in [0.29, 0.717) is 17.6 Å². The molecule has 6 nitrogen and oxygen atoms in total. The summed E-state index contributed by atoms with van der Waals surface area (Å²) in [5.41, 5.74) is 0.824. The number of hydrogen-bond acceptors (Lipinski definition) is 6. The average Bonchev–Trinajstić information content (AvgIpc) is 3.01. The van der Waals surface area contributed by atoms with E-state index < -0.39 is 11.9 Å². The molecule has 0 aliphatic rings. The number of carbonyl (C=O) groups excluding carboxylic acids is 3. The van der Waals surface area contributed by atoms with Crippen LogP contribution in [0.15, 0.2) is 34.7 Å². The van der Waals surface area contributed by atoms with Gasteiger partial charge < -0.3 is 13.9 Å². The fourth-order valence-electron chi connectivity index (χ4n) is 1.81. The quantitative estimate of drug-likeness (QED) is 0.634. The van der Waals surface area contributed by atoms with Gasteiger partial charge in [0.2, 0.25) is 0 Å². The first-order valence-corrected chi connectivity index (χ1v) is 5.96. The predicted molar refractivity (Wildman–Crippen MR) is 72.2 cm³/mol. The van der Waals surface area contributed by atoms with Gasteiger partial charge in [0.1, 0.15) is 5.76 Å². The molecule has 0 aliphatic carbocycles. The Morgan fingerprint density at radius 2 is 1.57 bits per heavy atom. The van der Waals surface area contributed by atoms with Crippen molar-refractivity contribution < 1.29 is 28.3 Å². The lowest BCUT2D eigenvalue weighted by Crippen LogP contribution is -2.06. The Hall–Kier alpha value is -2.89. The van der Waals surface area contributed by atoms with Crippen LogP contribution in [0, 0.1) is 0 Å². The maximum atomic E-state index is 11.7. The van der Waals surface area contributed by atoms with Crippen LogP contribution in [-0.2, 0) is 9.47 Å². The highest BCUT2D eigenvalue weighted by Crippen LogP contribution is 2.25. The van der Waals surface area contributed by atoms with Crippen molar-refractivity contribution in [2.24, 2.45) is 0 Å². The van der Waals surface area contributed by atoms with E-state index in [1.54, 1.807) is 6.07 Å². The molecule has 0 fully saturated rings. The molecule has 0 bridgehead atoms. The van der Waals surface area contributed by atoms with E-state index in [-0.39, 0.29) is 16.9 Å². The van der Waals surface area contributed by atoms with Crippen molar-refractivity contribution in [2.75, 3.05) is 14.2 Å². The van der Waals surface area contributed by atoms with Gasteiger partial charge in [-0.2, -0.15) is 0 Å². The van der Waals surface area contributed by atoms with Crippen LogP contribution in [0.3, 0.4) is 0 Å². The lowest BCUT2D eigenvalue weighted by atomic mass is 10.0. The first kappa shape index (κ1) is 14.5. The molecule has 1 heterocycles.